The first-order chi connectivity index (χ1) is 8.28. The topological polar surface area (TPSA) is 38.7 Å². The number of ether oxygens (including phenoxy) is 2. The van der Waals surface area contributed by atoms with Crippen molar-refractivity contribution < 1.29 is 14.6 Å². The normalized spacial score (nSPS) is 24.3. The molecule has 0 bridgehead atoms. The molecule has 3 rings (SSSR count). The summed E-state index contributed by atoms with van der Waals surface area (Å²) in [6.45, 7) is 1.33. The van der Waals surface area contributed by atoms with Gasteiger partial charge < -0.3 is 14.6 Å². The third-order valence-electron chi connectivity index (χ3n) is 3.77. The van der Waals surface area contributed by atoms with E-state index in [1.54, 1.807) is 0 Å². The predicted octanol–water partition coefficient (Wildman–Crippen LogP) is 2.49. The van der Waals surface area contributed by atoms with Gasteiger partial charge in [0.15, 0.2) is 6.29 Å². The van der Waals surface area contributed by atoms with E-state index in [-0.39, 0.29) is 6.29 Å². The first kappa shape index (κ1) is 11.2. The van der Waals surface area contributed by atoms with Gasteiger partial charge in [-0.3, -0.25) is 0 Å². The molecule has 1 saturated carbocycles. The zero-order chi connectivity index (χ0) is 11.7. The summed E-state index contributed by atoms with van der Waals surface area (Å²) in [4.78, 5) is 0. The van der Waals surface area contributed by atoms with Gasteiger partial charge in [-0.2, -0.15) is 0 Å². The van der Waals surface area contributed by atoms with Crippen LogP contribution in [0.1, 0.15) is 43.1 Å². The second kappa shape index (κ2) is 4.41. The Morgan fingerprint density at radius 2 is 1.59 bits per heavy atom. The average Bonchev–Trinajstić information content (AvgIpc) is 3.01. The minimum atomic E-state index is -0.601. The maximum atomic E-state index is 10.5. The Kier molecular flexibility index (Phi) is 2.90. The van der Waals surface area contributed by atoms with Crippen LogP contribution in [0.5, 0.6) is 0 Å². The highest BCUT2D eigenvalue weighted by atomic mass is 16.7. The van der Waals surface area contributed by atoms with Crippen molar-refractivity contribution in [1.29, 1.82) is 0 Å². The van der Waals surface area contributed by atoms with E-state index in [2.05, 4.69) is 0 Å². The molecule has 1 aromatic carbocycles. The summed E-state index contributed by atoms with van der Waals surface area (Å²) in [5, 5.41) is 10.5. The number of benzene rings is 1. The van der Waals surface area contributed by atoms with E-state index in [0.29, 0.717) is 13.2 Å². The van der Waals surface area contributed by atoms with Crippen LogP contribution in [-0.2, 0) is 15.1 Å². The summed E-state index contributed by atoms with van der Waals surface area (Å²) in [5.74, 6) is 0. The Morgan fingerprint density at radius 1 is 1.00 bits per heavy atom. The molecule has 2 aliphatic rings. The second-order valence-corrected chi connectivity index (χ2v) is 4.93. The summed E-state index contributed by atoms with van der Waals surface area (Å²) < 4.78 is 10.9. The lowest BCUT2D eigenvalue weighted by Crippen LogP contribution is -2.20. The van der Waals surface area contributed by atoms with Crippen LogP contribution in [0.25, 0.3) is 0 Å². The maximum Gasteiger partial charge on any atom is 0.184 e. The number of hydrogen-bond donors (Lipinski definition) is 1. The molecule has 0 atom stereocenters. The Bertz CT molecular complexity index is 373. The second-order valence-electron chi connectivity index (χ2n) is 4.93. The molecule has 0 amide bonds. The molecule has 1 heterocycles. The van der Waals surface area contributed by atoms with E-state index >= 15 is 0 Å². The fraction of sp³-hybridized carbons (Fsp3) is 0.571. The molecule has 1 saturated heterocycles. The van der Waals surface area contributed by atoms with Crippen LogP contribution in [-0.4, -0.2) is 18.3 Å². The van der Waals surface area contributed by atoms with Gasteiger partial charge in [0.1, 0.15) is 0 Å². The molecule has 2 fully saturated rings. The van der Waals surface area contributed by atoms with Gasteiger partial charge in [-0.25, -0.2) is 0 Å². The fourth-order valence-corrected chi connectivity index (χ4v) is 2.75. The molecule has 0 spiro atoms. The smallest absolute Gasteiger partial charge is 0.184 e. The Hall–Kier alpha value is -0.900. The summed E-state index contributed by atoms with van der Waals surface area (Å²) in [6.07, 6.45) is 3.77. The van der Waals surface area contributed by atoms with Crippen molar-refractivity contribution in [3.63, 3.8) is 0 Å². The molecular weight excluding hydrogens is 216 g/mol. The zero-order valence-corrected chi connectivity index (χ0v) is 9.89. The van der Waals surface area contributed by atoms with Crippen LogP contribution in [0.4, 0.5) is 0 Å². The lowest BCUT2D eigenvalue weighted by Gasteiger charge is -2.23. The molecule has 1 N–H and O–H groups in total. The van der Waals surface area contributed by atoms with Crippen LogP contribution in [0.3, 0.4) is 0 Å². The molecule has 1 aliphatic heterocycles. The van der Waals surface area contributed by atoms with Gasteiger partial charge in [0, 0.05) is 5.56 Å². The molecule has 92 valence electrons. The van der Waals surface area contributed by atoms with Crippen molar-refractivity contribution in [3.05, 3.63) is 35.4 Å². The van der Waals surface area contributed by atoms with Crippen molar-refractivity contribution in [2.24, 2.45) is 0 Å². The van der Waals surface area contributed by atoms with Crippen LogP contribution in [0, 0.1) is 0 Å². The van der Waals surface area contributed by atoms with Gasteiger partial charge in [0.25, 0.3) is 0 Å². The SMILES string of the molecule is OC1(c2ccc(C3OCCO3)cc2)CCCC1. The lowest BCUT2D eigenvalue weighted by atomic mass is 9.91. The maximum absolute atomic E-state index is 10.5. The van der Waals surface area contributed by atoms with Gasteiger partial charge in [0.05, 0.1) is 18.8 Å². The van der Waals surface area contributed by atoms with E-state index in [0.717, 1.165) is 36.8 Å². The molecule has 0 radical (unpaired) electrons. The summed E-state index contributed by atoms with van der Waals surface area (Å²) >= 11 is 0. The first-order valence-corrected chi connectivity index (χ1v) is 6.34. The number of hydrogen-bond acceptors (Lipinski definition) is 3. The van der Waals surface area contributed by atoms with Gasteiger partial charge in [-0.15, -0.1) is 0 Å². The van der Waals surface area contributed by atoms with Crippen LogP contribution >= 0.6 is 0 Å². The first-order valence-electron chi connectivity index (χ1n) is 6.34. The number of rotatable bonds is 2. The van der Waals surface area contributed by atoms with Gasteiger partial charge >= 0.3 is 0 Å². The van der Waals surface area contributed by atoms with Crippen molar-refractivity contribution in [2.75, 3.05) is 13.2 Å². The summed E-state index contributed by atoms with van der Waals surface area (Å²) in [5.41, 5.74) is 1.46. The highest BCUT2D eigenvalue weighted by Crippen LogP contribution is 2.38. The highest BCUT2D eigenvalue weighted by Gasteiger charge is 2.33. The third-order valence-corrected chi connectivity index (χ3v) is 3.77. The highest BCUT2D eigenvalue weighted by molar-refractivity contribution is 5.28. The molecule has 17 heavy (non-hydrogen) atoms. The van der Waals surface area contributed by atoms with Crippen LogP contribution in [0.2, 0.25) is 0 Å². The Balaban J connectivity index is 1.79. The molecule has 0 aromatic heterocycles. The molecular formula is C14H18O3. The molecule has 0 unspecified atom stereocenters. The largest absolute Gasteiger partial charge is 0.385 e. The van der Waals surface area contributed by atoms with E-state index in [1.165, 1.54) is 0 Å². The van der Waals surface area contributed by atoms with Crippen LogP contribution < -0.4 is 0 Å². The predicted molar refractivity (Wildman–Crippen MR) is 63.5 cm³/mol. The number of aliphatic hydroxyl groups is 1. The van der Waals surface area contributed by atoms with Gasteiger partial charge in [0.2, 0.25) is 0 Å². The van der Waals surface area contributed by atoms with Crippen molar-refractivity contribution in [1.82, 2.24) is 0 Å². The standard InChI is InChI=1S/C14H18O3/c15-14(7-1-2-8-14)12-5-3-11(4-6-12)13-16-9-10-17-13/h3-6,13,15H,1-2,7-10H2. The zero-order valence-electron chi connectivity index (χ0n) is 9.89. The molecule has 1 aliphatic carbocycles. The van der Waals surface area contributed by atoms with E-state index < -0.39 is 5.60 Å². The quantitative estimate of drug-likeness (QED) is 0.854. The minimum Gasteiger partial charge on any atom is -0.385 e. The van der Waals surface area contributed by atoms with E-state index in [9.17, 15) is 5.11 Å². The Morgan fingerprint density at radius 3 is 2.18 bits per heavy atom. The average molecular weight is 234 g/mol. The van der Waals surface area contributed by atoms with Crippen LogP contribution in [0.15, 0.2) is 24.3 Å². The molecule has 3 heteroatoms. The molecule has 1 aromatic rings. The summed E-state index contributed by atoms with van der Waals surface area (Å²) in [6, 6.07) is 8.01. The van der Waals surface area contributed by atoms with E-state index in [4.69, 9.17) is 9.47 Å². The minimum absolute atomic E-state index is 0.220. The Labute approximate surface area is 101 Å². The van der Waals surface area contributed by atoms with Gasteiger partial charge in [-0.1, -0.05) is 37.1 Å². The monoisotopic (exact) mass is 234 g/mol. The molecule has 3 nitrogen and oxygen atoms in total. The van der Waals surface area contributed by atoms with Crippen molar-refractivity contribution >= 4 is 0 Å². The van der Waals surface area contributed by atoms with Crippen molar-refractivity contribution in [2.45, 2.75) is 37.6 Å². The third kappa shape index (κ3) is 2.10. The van der Waals surface area contributed by atoms with Crippen molar-refractivity contribution in [3.8, 4) is 0 Å². The lowest BCUT2D eigenvalue weighted by molar-refractivity contribution is -0.0442. The van der Waals surface area contributed by atoms with Gasteiger partial charge in [-0.05, 0) is 18.4 Å². The summed E-state index contributed by atoms with van der Waals surface area (Å²) in [7, 11) is 0. The van der Waals surface area contributed by atoms with E-state index in [1.807, 2.05) is 24.3 Å². The fourth-order valence-electron chi connectivity index (χ4n) is 2.75.